The normalized spacial score (nSPS) is 17.7. The van der Waals surface area contributed by atoms with Gasteiger partial charge in [0.15, 0.2) is 0 Å². The minimum Gasteiger partial charge on any atom is -0.373 e. The SMILES string of the molecule is Cc1ccc(C)c(N2C(=O)CC(Nc3ccc(Cl)cc3)C2=O)c1. The highest BCUT2D eigenvalue weighted by Crippen LogP contribution is 2.28. The second kappa shape index (κ2) is 6.05. The van der Waals surface area contributed by atoms with E-state index in [0.717, 1.165) is 16.8 Å². The number of carbonyl (C=O) groups excluding carboxylic acids is 2. The number of imide groups is 1. The smallest absolute Gasteiger partial charge is 0.256 e. The molecule has 1 saturated heterocycles. The van der Waals surface area contributed by atoms with Crippen LogP contribution in [0.4, 0.5) is 11.4 Å². The fourth-order valence-corrected chi connectivity index (χ4v) is 2.83. The van der Waals surface area contributed by atoms with Crippen LogP contribution in [0, 0.1) is 13.8 Å². The first-order valence-electron chi connectivity index (χ1n) is 7.42. The van der Waals surface area contributed by atoms with Gasteiger partial charge in [-0.05, 0) is 55.3 Å². The number of rotatable bonds is 3. The molecule has 3 rings (SSSR count). The molecule has 0 spiro atoms. The zero-order chi connectivity index (χ0) is 16.6. The maximum absolute atomic E-state index is 12.7. The second-order valence-corrected chi connectivity index (χ2v) is 6.20. The van der Waals surface area contributed by atoms with Crippen molar-refractivity contribution in [3.8, 4) is 0 Å². The molecule has 1 aliphatic heterocycles. The van der Waals surface area contributed by atoms with E-state index in [2.05, 4.69) is 5.32 Å². The van der Waals surface area contributed by atoms with E-state index in [1.54, 1.807) is 24.3 Å². The van der Waals surface area contributed by atoms with E-state index >= 15 is 0 Å². The lowest BCUT2D eigenvalue weighted by Gasteiger charge is -2.18. The van der Waals surface area contributed by atoms with E-state index in [9.17, 15) is 9.59 Å². The molecular formula is C18H17ClN2O2. The zero-order valence-electron chi connectivity index (χ0n) is 13.0. The summed E-state index contributed by atoms with van der Waals surface area (Å²) >= 11 is 5.86. The van der Waals surface area contributed by atoms with E-state index in [-0.39, 0.29) is 18.2 Å². The first-order valence-corrected chi connectivity index (χ1v) is 7.79. The molecule has 4 nitrogen and oxygen atoms in total. The molecule has 1 aliphatic rings. The van der Waals surface area contributed by atoms with Crippen LogP contribution in [-0.2, 0) is 9.59 Å². The molecule has 1 fully saturated rings. The van der Waals surface area contributed by atoms with Crippen LogP contribution in [0.5, 0.6) is 0 Å². The lowest BCUT2D eigenvalue weighted by atomic mass is 10.1. The predicted molar refractivity (Wildman–Crippen MR) is 91.9 cm³/mol. The number of nitrogens with zero attached hydrogens (tertiary/aromatic N) is 1. The Hall–Kier alpha value is -2.33. The highest BCUT2D eigenvalue weighted by molar-refractivity contribution is 6.30. The Bertz CT molecular complexity index is 771. The van der Waals surface area contributed by atoms with Crippen LogP contribution in [0.2, 0.25) is 5.02 Å². The Morgan fingerprint density at radius 3 is 2.48 bits per heavy atom. The van der Waals surface area contributed by atoms with E-state index in [0.29, 0.717) is 10.7 Å². The topological polar surface area (TPSA) is 49.4 Å². The van der Waals surface area contributed by atoms with Crippen molar-refractivity contribution < 1.29 is 9.59 Å². The summed E-state index contributed by atoms with van der Waals surface area (Å²) in [7, 11) is 0. The Balaban J connectivity index is 1.85. The highest BCUT2D eigenvalue weighted by Gasteiger charge is 2.40. The minimum atomic E-state index is -0.552. The van der Waals surface area contributed by atoms with E-state index < -0.39 is 6.04 Å². The summed E-state index contributed by atoms with van der Waals surface area (Å²) in [4.78, 5) is 26.3. The molecule has 2 amide bonds. The molecule has 5 heteroatoms. The van der Waals surface area contributed by atoms with E-state index in [1.807, 2.05) is 32.0 Å². The van der Waals surface area contributed by atoms with Crippen molar-refractivity contribution in [1.82, 2.24) is 0 Å². The van der Waals surface area contributed by atoms with Gasteiger partial charge in [0.25, 0.3) is 5.91 Å². The van der Waals surface area contributed by atoms with Gasteiger partial charge in [-0.25, -0.2) is 4.90 Å². The average Bonchev–Trinajstić information content (AvgIpc) is 2.78. The van der Waals surface area contributed by atoms with Crippen molar-refractivity contribution in [3.05, 3.63) is 58.6 Å². The van der Waals surface area contributed by atoms with Crippen LogP contribution < -0.4 is 10.2 Å². The van der Waals surface area contributed by atoms with Crippen molar-refractivity contribution in [2.24, 2.45) is 0 Å². The number of nitrogens with one attached hydrogen (secondary N) is 1. The molecule has 0 radical (unpaired) electrons. The van der Waals surface area contributed by atoms with Gasteiger partial charge in [-0.15, -0.1) is 0 Å². The molecule has 118 valence electrons. The molecular weight excluding hydrogens is 312 g/mol. The van der Waals surface area contributed by atoms with Crippen molar-refractivity contribution in [1.29, 1.82) is 0 Å². The van der Waals surface area contributed by atoms with Gasteiger partial charge < -0.3 is 5.32 Å². The van der Waals surface area contributed by atoms with Crippen molar-refractivity contribution in [3.63, 3.8) is 0 Å². The minimum absolute atomic E-state index is 0.148. The molecule has 0 aliphatic carbocycles. The van der Waals surface area contributed by atoms with Crippen LogP contribution in [0.3, 0.4) is 0 Å². The Morgan fingerprint density at radius 1 is 1.09 bits per heavy atom. The van der Waals surface area contributed by atoms with Gasteiger partial charge in [0.2, 0.25) is 5.91 Å². The quantitative estimate of drug-likeness (QED) is 0.874. The number of aryl methyl sites for hydroxylation is 2. The van der Waals surface area contributed by atoms with Crippen molar-refractivity contribution in [2.75, 3.05) is 10.2 Å². The van der Waals surface area contributed by atoms with E-state index in [4.69, 9.17) is 11.6 Å². The van der Waals surface area contributed by atoms with Gasteiger partial charge >= 0.3 is 0 Å². The fourth-order valence-electron chi connectivity index (χ4n) is 2.71. The fraction of sp³-hybridized carbons (Fsp3) is 0.222. The predicted octanol–water partition coefficient (Wildman–Crippen LogP) is 3.70. The lowest BCUT2D eigenvalue weighted by molar-refractivity contribution is -0.121. The zero-order valence-corrected chi connectivity index (χ0v) is 13.7. The number of hydrogen-bond acceptors (Lipinski definition) is 3. The highest BCUT2D eigenvalue weighted by atomic mass is 35.5. The third kappa shape index (κ3) is 3.08. The average molecular weight is 329 g/mol. The number of halogens is 1. The molecule has 23 heavy (non-hydrogen) atoms. The lowest BCUT2D eigenvalue weighted by Crippen LogP contribution is -2.35. The maximum atomic E-state index is 12.7. The molecule has 0 saturated carbocycles. The number of hydrogen-bond donors (Lipinski definition) is 1. The van der Waals surface area contributed by atoms with Gasteiger partial charge in [-0.1, -0.05) is 23.7 Å². The number of anilines is 2. The van der Waals surface area contributed by atoms with Crippen molar-refractivity contribution in [2.45, 2.75) is 26.3 Å². The van der Waals surface area contributed by atoms with Gasteiger partial charge in [-0.2, -0.15) is 0 Å². The summed E-state index contributed by atoms with van der Waals surface area (Å²) in [6.45, 7) is 3.84. The first-order chi connectivity index (χ1) is 11.0. The van der Waals surface area contributed by atoms with Gasteiger partial charge in [0, 0.05) is 10.7 Å². The molecule has 0 bridgehead atoms. The van der Waals surface area contributed by atoms with Gasteiger partial charge in [0.1, 0.15) is 6.04 Å². The third-order valence-corrected chi connectivity index (χ3v) is 4.19. The Morgan fingerprint density at radius 2 is 1.78 bits per heavy atom. The molecule has 1 N–H and O–H groups in total. The number of benzene rings is 2. The van der Waals surface area contributed by atoms with Crippen LogP contribution in [-0.4, -0.2) is 17.9 Å². The standard InChI is InChI=1S/C18H17ClN2O2/c1-11-3-4-12(2)16(9-11)21-17(22)10-15(18(21)23)20-14-7-5-13(19)6-8-14/h3-9,15,20H,10H2,1-2H3. The summed E-state index contributed by atoms with van der Waals surface area (Å²) in [5.41, 5.74) is 3.36. The largest absolute Gasteiger partial charge is 0.373 e. The Kier molecular flexibility index (Phi) is 4.09. The maximum Gasteiger partial charge on any atom is 0.256 e. The van der Waals surface area contributed by atoms with E-state index in [1.165, 1.54) is 4.90 Å². The summed E-state index contributed by atoms with van der Waals surface area (Å²) in [6.07, 6.45) is 0.148. The molecule has 2 aromatic rings. The molecule has 1 heterocycles. The monoisotopic (exact) mass is 328 g/mol. The van der Waals surface area contributed by atoms with Crippen LogP contribution in [0.15, 0.2) is 42.5 Å². The van der Waals surface area contributed by atoms with Gasteiger partial charge in [-0.3, -0.25) is 9.59 Å². The van der Waals surface area contributed by atoms with Crippen LogP contribution in [0.1, 0.15) is 17.5 Å². The number of amides is 2. The molecule has 2 aromatic carbocycles. The van der Waals surface area contributed by atoms with Crippen LogP contribution >= 0.6 is 11.6 Å². The molecule has 0 aromatic heterocycles. The summed E-state index contributed by atoms with van der Waals surface area (Å²) in [5.74, 6) is -0.409. The van der Waals surface area contributed by atoms with Crippen molar-refractivity contribution >= 4 is 34.8 Å². The summed E-state index contributed by atoms with van der Waals surface area (Å²) in [6, 6.07) is 12.3. The Labute approximate surface area is 140 Å². The third-order valence-electron chi connectivity index (χ3n) is 3.94. The second-order valence-electron chi connectivity index (χ2n) is 5.77. The molecule has 1 unspecified atom stereocenters. The first kappa shape index (κ1) is 15.6. The number of carbonyl (C=O) groups is 2. The summed E-state index contributed by atoms with van der Waals surface area (Å²) in [5, 5.41) is 3.74. The van der Waals surface area contributed by atoms with Gasteiger partial charge in [0.05, 0.1) is 12.1 Å². The molecule has 1 atom stereocenters. The summed E-state index contributed by atoms with van der Waals surface area (Å²) < 4.78 is 0. The van der Waals surface area contributed by atoms with Crippen LogP contribution in [0.25, 0.3) is 0 Å².